The van der Waals surface area contributed by atoms with Gasteiger partial charge in [-0.25, -0.2) is 17.5 Å². The smallest absolute Gasteiger partial charge is 0.322 e. The van der Waals surface area contributed by atoms with Gasteiger partial charge in [0.1, 0.15) is 5.82 Å². The van der Waals surface area contributed by atoms with E-state index >= 15 is 0 Å². The first-order valence-corrected chi connectivity index (χ1v) is 13.0. The van der Waals surface area contributed by atoms with Crippen molar-refractivity contribution in [2.24, 2.45) is 0 Å². The predicted molar refractivity (Wildman–Crippen MR) is 130 cm³/mol. The summed E-state index contributed by atoms with van der Waals surface area (Å²) in [6.07, 6.45) is -2.97. The van der Waals surface area contributed by atoms with Crippen molar-refractivity contribution in [2.45, 2.75) is 38.4 Å². The summed E-state index contributed by atoms with van der Waals surface area (Å²) in [4.78, 5) is 13.1. The van der Waals surface area contributed by atoms with Gasteiger partial charge < -0.3 is 5.32 Å². The number of anilines is 1. The first-order valence-electron chi connectivity index (χ1n) is 11.4. The van der Waals surface area contributed by atoms with E-state index in [0.717, 1.165) is 35.4 Å². The van der Waals surface area contributed by atoms with Gasteiger partial charge in [0.15, 0.2) is 0 Å². The van der Waals surface area contributed by atoms with Crippen molar-refractivity contribution in [3.05, 3.63) is 88.7 Å². The molecule has 1 unspecified atom stereocenters. The highest BCUT2D eigenvalue weighted by Gasteiger charge is 2.30. The Labute approximate surface area is 206 Å². The van der Waals surface area contributed by atoms with Gasteiger partial charge in [-0.05, 0) is 84.0 Å². The quantitative estimate of drug-likeness (QED) is 0.401. The Morgan fingerprint density at radius 2 is 1.67 bits per heavy atom. The van der Waals surface area contributed by atoms with E-state index in [1.165, 1.54) is 18.2 Å². The summed E-state index contributed by atoms with van der Waals surface area (Å²) in [5.41, 5.74) is 2.03. The second kappa shape index (κ2) is 10.0. The van der Waals surface area contributed by atoms with Crippen molar-refractivity contribution in [1.29, 1.82) is 0 Å². The Balaban J connectivity index is 1.53. The van der Waals surface area contributed by atoms with Gasteiger partial charge in [0.2, 0.25) is 10.0 Å². The lowest BCUT2D eigenvalue weighted by Gasteiger charge is -2.13. The molecule has 10 heteroatoms. The summed E-state index contributed by atoms with van der Waals surface area (Å²) in [5.74, 6) is -1.13. The highest BCUT2D eigenvalue weighted by atomic mass is 32.2. The molecule has 4 rings (SSSR count). The van der Waals surface area contributed by atoms with E-state index in [-0.39, 0.29) is 28.5 Å². The molecule has 2 N–H and O–H groups in total. The van der Waals surface area contributed by atoms with Crippen LogP contribution in [-0.4, -0.2) is 26.1 Å². The molecule has 1 atom stereocenters. The van der Waals surface area contributed by atoms with Crippen LogP contribution in [0.25, 0.3) is 11.1 Å². The SMILES string of the molecule is CCCS(=O)(=O)NC1Cc2ccc(NC(=O)c3ccc(F)cc3-c3ccc(C(F)(F)F)cc3)cc2C1. The molecule has 36 heavy (non-hydrogen) atoms. The number of hydrogen-bond acceptors (Lipinski definition) is 3. The Bertz CT molecular complexity index is 1390. The maximum Gasteiger partial charge on any atom is 0.416 e. The molecule has 0 aromatic heterocycles. The number of fused-ring (bicyclic) bond motifs is 1. The van der Waals surface area contributed by atoms with E-state index in [0.29, 0.717) is 24.9 Å². The van der Waals surface area contributed by atoms with E-state index in [1.54, 1.807) is 19.1 Å². The number of hydrogen-bond donors (Lipinski definition) is 2. The highest BCUT2D eigenvalue weighted by Crippen LogP contribution is 2.33. The van der Waals surface area contributed by atoms with Gasteiger partial charge in [0.25, 0.3) is 5.91 Å². The maximum absolute atomic E-state index is 14.0. The third kappa shape index (κ3) is 5.93. The van der Waals surface area contributed by atoms with Gasteiger partial charge in [0.05, 0.1) is 11.3 Å². The average molecular weight is 521 g/mol. The number of alkyl halides is 3. The van der Waals surface area contributed by atoms with Crippen molar-refractivity contribution >= 4 is 21.6 Å². The summed E-state index contributed by atoms with van der Waals surface area (Å²) in [7, 11) is -3.36. The first-order chi connectivity index (χ1) is 16.9. The monoisotopic (exact) mass is 520 g/mol. The molecule has 1 amide bonds. The number of carbonyl (C=O) groups is 1. The zero-order chi connectivity index (χ0) is 26.1. The molecule has 0 fully saturated rings. The molecule has 1 aliphatic carbocycles. The van der Waals surface area contributed by atoms with Crippen LogP contribution in [0.1, 0.15) is 40.4 Å². The van der Waals surface area contributed by atoms with E-state index in [4.69, 9.17) is 0 Å². The maximum atomic E-state index is 14.0. The van der Waals surface area contributed by atoms with Gasteiger partial charge >= 0.3 is 6.18 Å². The first kappa shape index (κ1) is 25.8. The van der Waals surface area contributed by atoms with Gasteiger partial charge in [-0.2, -0.15) is 13.2 Å². The standard InChI is InChI=1S/C26H24F4N2O3S/c1-2-11-36(34,35)32-22-12-17-5-9-21(13-18(17)14-22)31-25(33)23-10-8-20(27)15-24(23)16-3-6-19(7-4-16)26(28,29)30/h3-10,13,15,22,32H,2,11-12,14H2,1H3,(H,31,33). The number of carbonyl (C=O) groups excluding carboxylic acids is 1. The van der Waals surface area contributed by atoms with Crippen LogP contribution in [0.4, 0.5) is 23.2 Å². The van der Waals surface area contributed by atoms with Gasteiger partial charge in [-0.15, -0.1) is 0 Å². The molecular formula is C26H24F4N2O3S. The van der Waals surface area contributed by atoms with Crippen LogP contribution in [0, 0.1) is 5.82 Å². The normalized spacial score (nSPS) is 15.5. The fourth-order valence-electron chi connectivity index (χ4n) is 4.35. The number of nitrogens with one attached hydrogen (secondary N) is 2. The molecule has 0 saturated carbocycles. The molecule has 0 saturated heterocycles. The fraction of sp³-hybridized carbons (Fsp3) is 0.269. The third-order valence-corrected chi connectivity index (χ3v) is 7.60. The lowest BCUT2D eigenvalue weighted by molar-refractivity contribution is -0.137. The zero-order valence-electron chi connectivity index (χ0n) is 19.3. The van der Waals surface area contributed by atoms with E-state index in [2.05, 4.69) is 10.0 Å². The van der Waals surface area contributed by atoms with Crippen molar-refractivity contribution in [3.63, 3.8) is 0 Å². The minimum atomic E-state index is -4.51. The van der Waals surface area contributed by atoms with Gasteiger partial charge in [0, 0.05) is 17.3 Å². The second-order valence-corrected chi connectivity index (χ2v) is 10.6. The van der Waals surface area contributed by atoms with E-state index in [9.17, 15) is 30.8 Å². The predicted octanol–water partition coefficient (Wildman–Crippen LogP) is 5.56. The molecule has 0 heterocycles. The van der Waals surface area contributed by atoms with Crippen molar-refractivity contribution in [3.8, 4) is 11.1 Å². The van der Waals surface area contributed by atoms with Crippen molar-refractivity contribution in [1.82, 2.24) is 4.72 Å². The molecule has 190 valence electrons. The molecular weight excluding hydrogens is 496 g/mol. The minimum Gasteiger partial charge on any atom is -0.322 e. The number of benzene rings is 3. The Kier molecular flexibility index (Phi) is 7.19. The number of halogens is 4. The summed E-state index contributed by atoms with van der Waals surface area (Å²) in [6.45, 7) is 1.79. The molecule has 0 bridgehead atoms. The number of amides is 1. The summed E-state index contributed by atoms with van der Waals surface area (Å²) >= 11 is 0. The zero-order valence-corrected chi connectivity index (χ0v) is 20.1. The number of sulfonamides is 1. The van der Waals surface area contributed by atoms with Gasteiger partial charge in [-0.1, -0.05) is 25.1 Å². The van der Waals surface area contributed by atoms with Crippen LogP contribution in [0.3, 0.4) is 0 Å². The summed E-state index contributed by atoms with van der Waals surface area (Å²) in [5, 5.41) is 2.76. The molecule has 0 radical (unpaired) electrons. The van der Waals surface area contributed by atoms with E-state index < -0.39 is 33.5 Å². The third-order valence-electron chi connectivity index (χ3n) is 5.97. The Morgan fingerprint density at radius 1 is 0.972 bits per heavy atom. The summed E-state index contributed by atoms with van der Waals surface area (Å²) in [6, 6.07) is 12.7. The van der Waals surface area contributed by atoms with Crippen LogP contribution in [0.15, 0.2) is 60.7 Å². The van der Waals surface area contributed by atoms with Crippen molar-refractivity contribution in [2.75, 3.05) is 11.1 Å². The van der Waals surface area contributed by atoms with Crippen molar-refractivity contribution < 1.29 is 30.8 Å². The fourth-order valence-corrected chi connectivity index (χ4v) is 5.68. The molecule has 3 aromatic rings. The largest absolute Gasteiger partial charge is 0.416 e. The van der Waals surface area contributed by atoms with Gasteiger partial charge in [-0.3, -0.25) is 4.79 Å². The van der Waals surface area contributed by atoms with Crippen LogP contribution < -0.4 is 10.0 Å². The van der Waals surface area contributed by atoms with Crippen LogP contribution in [0.5, 0.6) is 0 Å². The molecule has 0 spiro atoms. The molecule has 5 nitrogen and oxygen atoms in total. The Morgan fingerprint density at radius 3 is 2.33 bits per heavy atom. The van der Waals surface area contributed by atoms with Crippen LogP contribution in [-0.2, 0) is 29.0 Å². The molecule has 0 aliphatic heterocycles. The molecule has 1 aliphatic rings. The van der Waals surface area contributed by atoms with E-state index in [1.807, 2.05) is 6.07 Å². The second-order valence-electron chi connectivity index (χ2n) is 8.74. The molecule has 3 aromatic carbocycles. The average Bonchev–Trinajstić information content (AvgIpc) is 3.19. The lowest BCUT2D eigenvalue weighted by atomic mass is 9.97. The van der Waals surface area contributed by atoms with Crippen LogP contribution >= 0.6 is 0 Å². The highest BCUT2D eigenvalue weighted by molar-refractivity contribution is 7.89. The minimum absolute atomic E-state index is 0.0556. The van der Waals surface area contributed by atoms with Crippen LogP contribution in [0.2, 0.25) is 0 Å². The Hall–Kier alpha value is -3.24. The topological polar surface area (TPSA) is 75.3 Å². The lowest BCUT2D eigenvalue weighted by Crippen LogP contribution is -2.36. The number of rotatable bonds is 7. The summed E-state index contributed by atoms with van der Waals surface area (Å²) < 4.78 is 79.6.